The van der Waals surface area contributed by atoms with Crippen LogP contribution < -0.4 is 4.72 Å². The molecule has 1 N–H and O–H groups in total. The Morgan fingerprint density at radius 2 is 1.71 bits per heavy atom. The van der Waals surface area contributed by atoms with E-state index in [1.54, 1.807) is 54.6 Å². The second-order valence-corrected chi connectivity index (χ2v) is 9.31. The molecule has 0 aromatic heterocycles. The molecule has 1 aliphatic rings. The lowest BCUT2D eigenvalue weighted by atomic mass is 9.84. The van der Waals surface area contributed by atoms with E-state index in [0.717, 1.165) is 30.4 Å². The summed E-state index contributed by atoms with van der Waals surface area (Å²) in [6.07, 6.45) is 6.83. The van der Waals surface area contributed by atoms with Gasteiger partial charge in [0.2, 0.25) is 10.0 Å². The molecular weight excluding hydrogens is 394 g/mol. The average molecular weight is 418 g/mol. The van der Waals surface area contributed by atoms with Crippen molar-refractivity contribution in [1.29, 1.82) is 0 Å². The highest BCUT2D eigenvalue weighted by Gasteiger charge is 2.32. The van der Waals surface area contributed by atoms with E-state index in [-0.39, 0.29) is 10.7 Å². The summed E-state index contributed by atoms with van der Waals surface area (Å²) >= 11 is 6.01. The van der Waals surface area contributed by atoms with Crippen molar-refractivity contribution in [3.8, 4) is 0 Å². The Kier molecular flexibility index (Phi) is 6.70. The maximum atomic E-state index is 13.0. The Hall–Kier alpha value is -1.95. The smallest absolute Gasteiger partial charge is 0.241 e. The number of rotatable bonds is 5. The number of halogens is 1. The van der Waals surface area contributed by atoms with Crippen LogP contribution in [0.25, 0.3) is 0 Å². The second kappa shape index (κ2) is 9.03. The first-order valence-corrected chi connectivity index (χ1v) is 11.3. The molecule has 0 bridgehead atoms. The fourth-order valence-electron chi connectivity index (χ4n) is 3.43. The molecule has 0 unspecified atom stereocenters. The summed E-state index contributed by atoms with van der Waals surface area (Å²) in [4.78, 5) is 13.0. The SMILES string of the molecule is Cc1ccc(S(=O)(=O)N[C@H](c2ccc(Cl)cc2)[C@@H]2CCCC/C=C\C2=O)cc1. The normalized spacial score (nSPS) is 20.2. The summed E-state index contributed by atoms with van der Waals surface area (Å²) in [5.41, 5.74) is 1.71. The molecule has 2 aromatic carbocycles. The molecule has 28 heavy (non-hydrogen) atoms. The number of carbonyl (C=O) groups excluding carboxylic acids is 1. The van der Waals surface area contributed by atoms with E-state index in [2.05, 4.69) is 4.72 Å². The number of nitrogens with one attached hydrogen (secondary N) is 1. The van der Waals surface area contributed by atoms with Crippen LogP contribution in [0.2, 0.25) is 5.02 Å². The number of allylic oxidation sites excluding steroid dienone is 2. The van der Waals surface area contributed by atoms with Crippen molar-refractivity contribution in [2.75, 3.05) is 0 Å². The van der Waals surface area contributed by atoms with Crippen molar-refractivity contribution < 1.29 is 13.2 Å². The standard InChI is InChI=1S/C22H24ClNO3S/c1-16-8-14-19(15-9-16)28(26,27)24-22(17-10-12-18(23)13-11-17)20-6-4-2-3-5-7-21(20)25/h5,7-15,20,22,24H,2-4,6H2,1H3/b7-5-/t20-,22-/m1/s1. The van der Waals surface area contributed by atoms with Crippen molar-refractivity contribution >= 4 is 27.4 Å². The highest BCUT2D eigenvalue weighted by atomic mass is 35.5. The summed E-state index contributed by atoms with van der Waals surface area (Å²) in [7, 11) is -3.79. The topological polar surface area (TPSA) is 63.2 Å². The first-order valence-electron chi connectivity index (χ1n) is 9.42. The number of carbonyl (C=O) groups is 1. The number of hydrogen-bond donors (Lipinski definition) is 1. The molecule has 3 rings (SSSR count). The Morgan fingerprint density at radius 1 is 1.04 bits per heavy atom. The molecule has 0 saturated carbocycles. The van der Waals surface area contributed by atoms with Crippen molar-refractivity contribution in [1.82, 2.24) is 4.72 Å². The van der Waals surface area contributed by atoms with E-state index in [0.29, 0.717) is 11.4 Å². The fraction of sp³-hybridized carbons (Fsp3) is 0.318. The van der Waals surface area contributed by atoms with E-state index < -0.39 is 22.0 Å². The monoisotopic (exact) mass is 417 g/mol. The van der Waals surface area contributed by atoms with Crippen LogP contribution in [0.15, 0.2) is 65.6 Å². The van der Waals surface area contributed by atoms with Gasteiger partial charge in [-0.25, -0.2) is 13.1 Å². The lowest BCUT2D eigenvalue weighted by molar-refractivity contribution is -0.119. The van der Waals surface area contributed by atoms with Gasteiger partial charge in [0.1, 0.15) is 0 Å². The predicted octanol–water partition coefficient (Wildman–Crippen LogP) is 4.98. The van der Waals surface area contributed by atoms with Crippen LogP contribution >= 0.6 is 11.6 Å². The van der Waals surface area contributed by atoms with Gasteiger partial charge in [0.15, 0.2) is 5.78 Å². The Balaban J connectivity index is 1.99. The highest BCUT2D eigenvalue weighted by Crippen LogP contribution is 2.31. The Morgan fingerprint density at radius 3 is 2.39 bits per heavy atom. The summed E-state index contributed by atoms with van der Waals surface area (Å²) in [6, 6.07) is 13.0. The van der Waals surface area contributed by atoms with E-state index in [1.165, 1.54) is 0 Å². The minimum atomic E-state index is -3.79. The molecule has 148 valence electrons. The molecule has 0 amide bonds. The van der Waals surface area contributed by atoms with Crippen molar-refractivity contribution in [3.05, 3.63) is 76.8 Å². The summed E-state index contributed by atoms with van der Waals surface area (Å²) in [6.45, 7) is 1.90. The lowest BCUT2D eigenvalue weighted by Gasteiger charge is -2.27. The summed E-state index contributed by atoms with van der Waals surface area (Å²) in [5, 5.41) is 0.563. The van der Waals surface area contributed by atoms with Gasteiger partial charge in [0.05, 0.1) is 10.9 Å². The van der Waals surface area contributed by atoms with Crippen molar-refractivity contribution in [2.45, 2.75) is 43.5 Å². The van der Waals surface area contributed by atoms with Crippen LogP contribution in [-0.4, -0.2) is 14.2 Å². The molecule has 0 aliphatic heterocycles. The average Bonchev–Trinajstić information content (AvgIpc) is 2.65. The third-order valence-electron chi connectivity index (χ3n) is 5.03. The molecule has 0 saturated heterocycles. The van der Waals surface area contributed by atoms with Crippen LogP contribution in [-0.2, 0) is 14.8 Å². The van der Waals surface area contributed by atoms with Gasteiger partial charge in [-0.05, 0) is 62.1 Å². The molecule has 1 aliphatic carbocycles. The van der Waals surface area contributed by atoms with Gasteiger partial charge in [-0.3, -0.25) is 4.79 Å². The molecule has 0 heterocycles. The van der Waals surface area contributed by atoms with Gasteiger partial charge >= 0.3 is 0 Å². The van der Waals surface area contributed by atoms with Crippen molar-refractivity contribution in [2.24, 2.45) is 5.92 Å². The first-order chi connectivity index (χ1) is 13.4. The Bertz CT molecular complexity index is 950. The summed E-state index contributed by atoms with van der Waals surface area (Å²) in [5.74, 6) is -0.510. The van der Waals surface area contributed by atoms with Crippen molar-refractivity contribution in [3.63, 3.8) is 0 Å². The van der Waals surface area contributed by atoms with Crippen LogP contribution in [0.1, 0.15) is 42.9 Å². The molecule has 0 fully saturated rings. The van der Waals surface area contributed by atoms with Crippen LogP contribution in [0.5, 0.6) is 0 Å². The number of hydrogen-bond acceptors (Lipinski definition) is 3. The molecular formula is C22H24ClNO3S. The quantitative estimate of drug-likeness (QED) is 0.745. The lowest BCUT2D eigenvalue weighted by Crippen LogP contribution is -2.36. The van der Waals surface area contributed by atoms with Gasteiger partial charge in [-0.1, -0.05) is 53.9 Å². The van der Waals surface area contributed by atoms with E-state index in [9.17, 15) is 13.2 Å². The van der Waals surface area contributed by atoms with Crippen LogP contribution in [0.4, 0.5) is 0 Å². The molecule has 0 spiro atoms. The third kappa shape index (κ3) is 5.10. The molecule has 4 nitrogen and oxygen atoms in total. The van der Waals surface area contributed by atoms with Crippen LogP contribution in [0.3, 0.4) is 0 Å². The maximum absolute atomic E-state index is 13.0. The van der Waals surface area contributed by atoms with Gasteiger partial charge in [-0.15, -0.1) is 0 Å². The zero-order chi connectivity index (χ0) is 20.1. The number of benzene rings is 2. The van der Waals surface area contributed by atoms with Gasteiger partial charge in [-0.2, -0.15) is 0 Å². The van der Waals surface area contributed by atoms with Gasteiger partial charge < -0.3 is 0 Å². The molecule has 6 heteroatoms. The number of ketones is 1. The van der Waals surface area contributed by atoms with E-state index >= 15 is 0 Å². The fourth-order valence-corrected chi connectivity index (χ4v) is 4.82. The second-order valence-electron chi connectivity index (χ2n) is 7.16. The third-order valence-corrected chi connectivity index (χ3v) is 6.74. The largest absolute Gasteiger partial charge is 0.294 e. The minimum Gasteiger partial charge on any atom is -0.294 e. The zero-order valence-electron chi connectivity index (χ0n) is 15.8. The zero-order valence-corrected chi connectivity index (χ0v) is 17.3. The number of aryl methyl sites for hydroxylation is 1. The molecule has 2 aromatic rings. The van der Waals surface area contributed by atoms with Gasteiger partial charge in [0, 0.05) is 10.9 Å². The number of sulfonamides is 1. The molecule has 2 atom stereocenters. The molecule has 0 radical (unpaired) electrons. The minimum absolute atomic E-state index is 0.0498. The Labute approximate surface area is 171 Å². The van der Waals surface area contributed by atoms with E-state index in [4.69, 9.17) is 11.6 Å². The predicted molar refractivity (Wildman–Crippen MR) is 112 cm³/mol. The summed E-state index contributed by atoms with van der Waals surface area (Å²) < 4.78 is 28.8. The first kappa shape index (κ1) is 20.8. The maximum Gasteiger partial charge on any atom is 0.241 e. The van der Waals surface area contributed by atoms with Gasteiger partial charge in [0.25, 0.3) is 0 Å². The highest BCUT2D eigenvalue weighted by molar-refractivity contribution is 7.89. The van der Waals surface area contributed by atoms with Crippen LogP contribution in [0, 0.1) is 12.8 Å². The van der Waals surface area contributed by atoms with E-state index in [1.807, 2.05) is 13.0 Å².